The standard InChI is InChI=1S/C16H24N2O3S/c1-13-9-14(2)11-18(10-13)16(19)12-17(3)22(20,21)15-7-5-4-6-8-15/h4-8,13-14H,9-12H2,1-3H3. The first-order valence-corrected chi connectivity index (χ1v) is 9.04. The van der Waals surface area contributed by atoms with Crippen LogP contribution in [-0.2, 0) is 14.8 Å². The number of benzene rings is 1. The molecule has 1 heterocycles. The number of carbonyl (C=O) groups excluding carboxylic acids is 1. The number of hydrogen-bond acceptors (Lipinski definition) is 3. The molecule has 0 aliphatic carbocycles. The molecule has 2 rings (SSSR count). The lowest BCUT2D eigenvalue weighted by molar-refractivity contribution is -0.133. The summed E-state index contributed by atoms with van der Waals surface area (Å²) in [5.41, 5.74) is 0. The van der Waals surface area contributed by atoms with Gasteiger partial charge in [0.15, 0.2) is 0 Å². The van der Waals surface area contributed by atoms with Crippen molar-refractivity contribution in [1.82, 2.24) is 9.21 Å². The molecule has 6 heteroatoms. The van der Waals surface area contributed by atoms with Crippen LogP contribution >= 0.6 is 0 Å². The third-order valence-corrected chi connectivity index (χ3v) is 5.85. The normalized spacial score (nSPS) is 22.8. The highest BCUT2D eigenvalue weighted by Gasteiger charge is 2.29. The van der Waals surface area contributed by atoms with Gasteiger partial charge in [-0.25, -0.2) is 8.42 Å². The third-order valence-electron chi connectivity index (χ3n) is 4.03. The first-order chi connectivity index (χ1) is 10.3. The maximum atomic E-state index is 12.4. The fourth-order valence-corrected chi connectivity index (χ4v) is 4.16. The second-order valence-corrected chi connectivity index (χ2v) is 8.36. The topological polar surface area (TPSA) is 57.7 Å². The van der Waals surface area contributed by atoms with E-state index >= 15 is 0 Å². The lowest BCUT2D eigenvalue weighted by Crippen LogP contribution is -2.47. The van der Waals surface area contributed by atoms with Crippen molar-refractivity contribution >= 4 is 15.9 Å². The van der Waals surface area contributed by atoms with Gasteiger partial charge in [-0.1, -0.05) is 32.0 Å². The van der Waals surface area contributed by atoms with Crippen molar-refractivity contribution in [3.05, 3.63) is 30.3 Å². The van der Waals surface area contributed by atoms with Crippen molar-refractivity contribution < 1.29 is 13.2 Å². The molecule has 1 saturated heterocycles. The molecule has 2 unspecified atom stereocenters. The van der Waals surface area contributed by atoms with Crippen LogP contribution < -0.4 is 0 Å². The summed E-state index contributed by atoms with van der Waals surface area (Å²) in [7, 11) is -2.16. The molecule has 0 spiro atoms. The summed E-state index contributed by atoms with van der Waals surface area (Å²) >= 11 is 0. The molecule has 1 fully saturated rings. The summed E-state index contributed by atoms with van der Waals surface area (Å²) in [5.74, 6) is 0.799. The van der Waals surface area contributed by atoms with Crippen LogP contribution in [0.4, 0.5) is 0 Å². The summed E-state index contributed by atoms with van der Waals surface area (Å²) in [6, 6.07) is 8.20. The molecule has 0 aromatic heterocycles. The average Bonchev–Trinajstić information content (AvgIpc) is 2.47. The summed E-state index contributed by atoms with van der Waals surface area (Å²) in [4.78, 5) is 14.4. The van der Waals surface area contributed by atoms with Gasteiger partial charge >= 0.3 is 0 Å². The predicted octanol–water partition coefficient (Wildman–Crippen LogP) is 1.81. The molecule has 0 radical (unpaired) electrons. The number of amides is 1. The summed E-state index contributed by atoms with van der Waals surface area (Å²) in [6.45, 7) is 5.56. The van der Waals surface area contributed by atoms with E-state index in [0.717, 1.165) is 10.7 Å². The molecule has 1 aromatic rings. The van der Waals surface area contributed by atoms with Crippen molar-refractivity contribution in [2.24, 2.45) is 11.8 Å². The Bertz CT molecular complexity index is 606. The molecule has 5 nitrogen and oxygen atoms in total. The molecule has 0 saturated carbocycles. The monoisotopic (exact) mass is 324 g/mol. The van der Waals surface area contributed by atoms with Crippen LogP contribution in [0.1, 0.15) is 20.3 Å². The Labute approximate surface area is 133 Å². The number of hydrogen-bond donors (Lipinski definition) is 0. The van der Waals surface area contributed by atoms with Crippen LogP contribution in [0.25, 0.3) is 0 Å². The van der Waals surface area contributed by atoms with E-state index in [9.17, 15) is 13.2 Å². The van der Waals surface area contributed by atoms with Crippen molar-refractivity contribution in [1.29, 1.82) is 0 Å². The van der Waals surface area contributed by atoms with Crippen LogP contribution in [0.15, 0.2) is 35.2 Å². The van der Waals surface area contributed by atoms with Crippen molar-refractivity contribution in [2.45, 2.75) is 25.2 Å². The van der Waals surface area contributed by atoms with E-state index in [-0.39, 0.29) is 17.3 Å². The van der Waals surface area contributed by atoms with Crippen LogP contribution in [0.3, 0.4) is 0 Å². The highest BCUT2D eigenvalue weighted by Crippen LogP contribution is 2.21. The molecule has 22 heavy (non-hydrogen) atoms. The van der Waals surface area contributed by atoms with Crippen LogP contribution in [0, 0.1) is 11.8 Å². The summed E-state index contributed by atoms with van der Waals surface area (Å²) in [5, 5.41) is 0. The highest BCUT2D eigenvalue weighted by atomic mass is 32.2. The van der Waals surface area contributed by atoms with Gasteiger partial charge in [-0.3, -0.25) is 4.79 Å². The van der Waals surface area contributed by atoms with E-state index in [0.29, 0.717) is 24.9 Å². The van der Waals surface area contributed by atoms with Gasteiger partial charge in [0.2, 0.25) is 15.9 Å². The number of likely N-dealkylation sites (N-methyl/N-ethyl adjacent to an activating group) is 1. The lowest BCUT2D eigenvalue weighted by Gasteiger charge is -2.35. The first-order valence-electron chi connectivity index (χ1n) is 7.60. The molecule has 1 amide bonds. The van der Waals surface area contributed by atoms with Gasteiger partial charge in [0.25, 0.3) is 0 Å². The van der Waals surface area contributed by atoms with Gasteiger partial charge < -0.3 is 4.90 Å². The zero-order valence-corrected chi connectivity index (χ0v) is 14.2. The Hall–Kier alpha value is -1.40. The second-order valence-electron chi connectivity index (χ2n) is 6.32. The van der Waals surface area contributed by atoms with E-state index in [2.05, 4.69) is 13.8 Å². The van der Waals surface area contributed by atoms with Gasteiger partial charge in [0, 0.05) is 20.1 Å². The molecule has 0 N–H and O–H groups in total. The van der Waals surface area contributed by atoms with Gasteiger partial charge in [0.1, 0.15) is 0 Å². The number of rotatable bonds is 4. The summed E-state index contributed by atoms with van der Waals surface area (Å²) < 4.78 is 26.0. The predicted molar refractivity (Wildman–Crippen MR) is 85.8 cm³/mol. The van der Waals surface area contributed by atoms with Gasteiger partial charge in [-0.05, 0) is 30.4 Å². The molecule has 2 atom stereocenters. The zero-order valence-electron chi connectivity index (χ0n) is 13.4. The van der Waals surface area contributed by atoms with Gasteiger partial charge in [0.05, 0.1) is 11.4 Å². The summed E-state index contributed by atoms with van der Waals surface area (Å²) in [6.07, 6.45) is 1.11. The minimum atomic E-state index is -3.61. The first kappa shape index (κ1) is 17.0. The lowest BCUT2D eigenvalue weighted by atomic mass is 9.92. The minimum absolute atomic E-state index is 0.114. The Balaban J connectivity index is 2.05. The molecule has 1 aliphatic rings. The van der Waals surface area contributed by atoms with Crippen molar-refractivity contribution in [3.8, 4) is 0 Å². The van der Waals surface area contributed by atoms with Gasteiger partial charge in [-0.2, -0.15) is 4.31 Å². The van der Waals surface area contributed by atoms with E-state index < -0.39 is 10.0 Å². The zero-order chi connectivity index (χ0) is 16.3. The van der Waals surface area contributed by atoms with Crippen molar-refractivity contribution in [2.75, 3.05) is 26.7 Å². The van der Waals surface area contributed by atoms with Crippen LogP contribution in [-0.4, -0.2) is 50.2 Å². The molecular weight excluding hydrogens is 300 g/mol. The fraction of sp³-hybridized carbons (Fsp3) is 0.562. The molecule has 1 aliphatic heterocycles. The number of carbonyl (C=O) groups is 1. The van der Waals surface area contributed by atoms with Gasteiger partial charge in [-0.15, -0.1) is 0 Å². The van der Waals surface area contributed by atoms with E-state index in [1.54, 1.807) is 35.2 Å². The Kier molecular flexibility index (Phi) is 5.24. The third kappa shape index (κ3) is 3.87. The largest absolute Gasteiger partial charge is 0.341 e. The van der Waals surface area contributed by atoms with E-state index in [4.69, 9.17) is 0 Å². The SMILES string of the molecule is CC1CC(C)CN(C(=O)CN(C)S(=O)(=O)c2ccccc2)C1. The Morgan fingerprint density at radius 3 is 2.27 bits per heavy atom. The number of nitrogens with zero attached hydrogens (tertiary/aromatic N) is 2. The number of piperidine rings is 1. The highest BCUT2D eigenvalue weighted by molar-refractivity contribution is 7.89. The second kappa shape index (κ2) is 6.79. The van der Waals surface area contributed by atoms with E-state index in [1.165, 1.54) is 7.05 Å². The fourth-order valence-electron chi connectivity index (χ4n) is 3.01. The Morgan fingerprint density at radius 2 is 1.73 bits per heavy atom. The molecule has 122 valence electrons. The van der Waals surface area contributed by atoms with Crippen LogP contribution in [0.5, 0.6) is 0 Å². The van der Waals surface area contributed by atoms with Crippen LogP contribution in [0.2, 0.25) is 0 Å². The quantitative estimate of drug-likeness (QED) is 0.849. The number of sulfonamides is 1. The molecule has 1 aromatic carbocycles. The average molecular weight is 324 g/mol. The molecular formula is C16H24N2O3S. The maximum absolute atomic E-state index is 12.4. The minimum Gasteiger partial charge on any atom is -0.341 e. The van der Waals surface area contributed by atoms with E-state index in [1.807, 2.05) is 0 Å². The molecule has 0 bridgehead atoms. The maximum Gasteiger partial charge on any atom is 0.243 e. The smallest absolute Gasteiger partial charge is 0.243 e. The Morgan fingerprint density at radius 1 is 1.18 bits per heavy atom. The number of likely N-dealkylation sites (tertiary alicyclic amines) is 1. The van der Waals surface area contributed by atoms with Crippen molar-refractivity contribution in [3.63, 3.8) is 0 Å².